The average Bonchev–Trinajstić information content (AvgIpc) is 2.28. The van der Waals surface area contributed by atoms with Crippen molar-refractivity contribution in [1.82, 2.24) is 0 Å². The Bertz CT molecular complexity index is 419. The van der Waals surface area contributed by atoms with Crippen LogP contribution in [0.3, 0.4) is 0 Å². The number of nitrogens with two attached hydrogens (primary N) is 2. The molecule has 5 N–H and O–H groups in total. The smallest absolute Gasteiger partial charge is 0.405 e. The van der Waals surface area contributed by atoms with Crippen molar-refractivity contribution in [3.8, 4) is 0 Å². The average molecular weight is 237 g/mol. The molecule has 0 fully saturated rings. The van der Waals surface area contributed by atoms with E-state index in [4.69, 9.17) is 21.4 Å². The van der Waals surface area contributed by atoms with Crippen LogP contribution in [0.2, 0.25) is 0 Å². The van der Waals surface area contributed by atoms with Crippen LogP contribution in [0.25, 0.3) is 0 Å². The zero-order valence-electron chi connectivity index (χ0n) is 9.46. The second-order valence-corrected chi connectivity index (χ2v) is 3.80. The van der Waals surface area contributed by atoms with Crippen LogP contribution in [0.1, 0.15) is 12.5 Å². The number of benzene rings is 1. The molecule has 1 atom stereocenters. The van der Waals surface area contributed by atoms with Crippen LogP contribution in [0.15, 0.2) is 35.5 Å². The summed E-state index contributed by atoms with van der Waals surface area (Å²) in [5.41, 5.74) is 10.1. The molecule has 0 saturated carbocycles. The molecule has 1 aromatic carbocycles. The van der Waals surface area contributed by atoms with Gasteiger partial charge in [-0.05, 0) is 12.5 Å². The van der Waals surface area contributed by atoms with Crippen LogP contribution in [-0.2, 0) is 11.2 Å². The van der Waals surface area contributed by atoms with Crippen LogP contribution in [0, 0.1) is 0 Å². The SMILES string of the molecule is C[C@](Cc1ccccc1)(OC(N)=O)C(N)=NO. The Morgan fingerprint density at radius 2 is 2.00 bits per heavy atom. The minimum atomic E-state index is -1.26. The molecule has 6 nitrogen and oxygen atoms in total. The molecule has 0 bridgehead atoms. The first-order chi connectivity index (χ1) is 7.98. The molecule has 17 heavy (non-hydrogen) atoms. The summed E-state index contributed by atoms with van der Waals surface area (Å²) in [5.74, 6) is -0.208. The Morgan fingerprint density at radius 1 is 1.41 bits per heavy atom. The van der Waals surface area contributed by atoms with Crippen LogP contribution < -0.4 is 11.5 Å². The fourth-order valence-electron chi connectivity index (χ4n) is 1.49. The standard InChI is InChI=1S/C11H15N3O3/c1-11(9(12)14-16,17-10(13)15)7-8-5-3-2-4-6-8/h2-6,16H,7H2,1H3,(H2,12,14)(H2,13,15)/t11-/m1/s1. The lowest BCUT2D eigenvalue weighted by atomic mass is 9.95. The van der Waals surface area contributed by atoms with Gasteiger partial charge in [0.2, 0.25) is 0 Å². The topological polar surface area (TPSA) is 111 Å². The first kappa shape index (κ1) is 12.8. The van der Waals surface area contributed by atoms with E-state index in [1.54, 1.807) is 0 Å². The number of amides is 1. The fraction of sp³-hybridized carbons (Fsp3) is 0.273. The minimum Gasteiger partial charge on any atom is -0.435 e. The Kier molecular flexibility index (Phi) is 3.92. The maximum absolute atomic E-state index is 10.8. The first-order valence-electron chi connectivity index (χ1n) is 4.98. The van der Waals surface area contributed by atoms with Gasteiger partial charge in [0.25, 0.3) is 0 Å². The minimum absolute atomic E-state index is 0.208. The third-order valence-corrected chi connectivity index (χ3v) is 2.36. The Hall–Kier alpha value is -2.24. The molecule has 0 aliphatic heterocycles. The van der Waals surface area contributed by atoms with Gasteiger partial charge in [0.1, 0.15) is 0 Å². The molecule has 0 unspecified atom stereocenters. The number of rotatable bonds is 4. The third-order valence-electron chi connectivity index (χ3n) is 2.36. The van der Waals surface area contributed by atoms with Crippen LogP contribution >= 0.6 is 0 Å². The summed E-state index contributed by atoms with van der Waals surface area (Å²) < 4.78 is 4.92. The molecule has 0 radical (unpaired) electrons. The zero-order chi connectivity index (χ0) is 12.9. The molecule has 0 spiro atoms. The molecule has 0 saturated heterocycles. The monoisotopic (exact) mass is 237 g/mol. The summed E-state index contributed by atoms with van der Waals surface area (Å²) in [5, 5.41) is 11.6. The summed E-state index contributed by atoms with van der Waals surface area (Å²) in [6.07, 6.45) is -0.706. The van der Waals surface area contributed by atoms with E-state index in [9.17, 15) is 4.79 Å². The predicted molar refractivity (Wildman–Crippen MR) is 62.6 cm³/mol. The van der Waals surface area contributed by atoms with Crippen molar-refractivity contribution in [2.24, 2.45) is 16.6 Å². The van der Waals surface area contributed by atoms with E-state index in [-0.39, 0.29) is 12.3 Å². The molecular weight excluding hydrogens is 222 g/mol. The first-order valence-corrected chi connectivity index (χ1v) is 4.98. The van der Waals surface area contributed by atoms with Gasteiger partial charge in [-0.2, -0.15) is 0 Å². The second-order valence-electron chi connectivity index (χ2n) is 3.80. The van der Waals surface area contributed by atoms with Gasteiger partial charge in [-0.1, -0.05) is 35.5 Å². The van der Waals surface area contributed by atoms with Crippen molar-refractivity contribution in [3.63, 3.8) is 0 Å². The van der Waals surface area contributed by atoms with Crippen molar-refractivity contribution in [3.05, 3.63) is 35.9 Å². The summed E-state index contributed by atoms with van der Waals surface area (Å²) in [4.78, 5) is 10.8. The number of oxime groups is 1. The van der Waals surface area contributed by atoms with Gasteiger partial charge >= 0.3 is 6.09 Å². The summed E-state index contributed by atoms with van der Waals surface area (Å²) in [6.45, 7) is 1.53. The molecule has 0 aromatic heterocycles. The molecule has 92 valence electrons. The molecule has 0 aliphatic rings. The highest BCUT2D eigenvalue weighted by atomic mass is 16.6. The summed E-state index contributed by atoms with van der Waals surface area (Å²) in [7, 11) is 0. The molecule has 1 amide bonds. The normalized spacial score (nSPS) is 15.0. The number of ether oxygens (including phenoxy) is 1. The highest BCUT2D eigenvalue weighted by Crippen LogP contribution is 2.18. The van der Waals surface area contributed by atoms with E-state index in [1.807, 2.05) is 30.3 Å². The van der Waals surface area contributed by atoms with E-state index in [0.29, 0.717) is 0 Å². The number of carbonyl (C=O) groups is 1. The molecular formula is C11H15N3O3. The zero-order valence-corrected chi connectivity index (χ0v) is 9.46. The lowest BCUT2D eigenvalue weighted by Crippen LogP contribution is -2.48. The Morgan fingerprint density at radius 3 is 2.47 bits per heavy atom. The fourth-order valence-corrected chi connectivity index (χ4v) is 1.49. The second kappa shape index (κ2) is 5.20. The quantitative estimate of drug-likeness (QED) is 0.311. The Balaban J connectivity index is 2.96. The van der Waals surface area contributed by atoms with Crippen LogP contribution in [0.5, 0.6) is 0 Å². The number of amidine groups is 1. The largest absolute Gasteiger partial charge is 0.435 e. The molecule has 6 heteroatoms. The van der Waals surface area contributed by atoms with E-state index >= 15 is 0 Å². The van der Waals surface area contributed by atoms with Crippen molar-refractivity contribution < 1.29 is 14.7 Å². The van der Waals surface area contributed by atoms with Crippen LogP contribution in [-0.4, -0.2) is 22.7 Å². The highest BCUT2D eigenvalue weighted by Gasteiger charge is 2.34. The van der Waals surface area contributed by atoms with Gasteiger partial charge in [0, 0.05) is 6.42 Å². The van der Waals surface area contributed by atoms with Gasteiger partial charge in [-0.15, -0.1) is 0 Å². The lowest BCUT2D eigenvalue weighted by Gasteiger charge is -2.27. The highest BCUT2D eigenvalue weighted by molar-refractivity contribution is 5.90. The van der Waals surface area contributed by atoms with Gasteiger partial charge in [0.05, 0.1) is 0 Å². The van der Waals surface area contributed by atoms with Crippen molar-refractivity contribution in [2.45, 2.75) is 18.9 Å². The van der Waals surface area contributed by atoms with Crippen molar-refractivity contribution >= 4 is 11.9 Å². The van der Waals surface area contributed by atoms with Gasteiger partial charge in [-0.25, -0.2) is 4.79 Å². The van der Waals surface area contributed by atoms with E-state index in [0.717, 1.165) is 5.56 Å². The van der Waals surface area contributed by atoms with E-state index in [2.05, 4.69) is 5.16 Å². The lowest BCUT2D eigenvalue weighted by molar-refractivity contribution is 0.0773. The number of nitrogens with zero attached hydrogens (tertiary/aromatic N) is 1. The van der Waals surface area contributed by atoms with E-state index in [1.165, 1.54) is 6.92 Å². The summed E-state index contributed by atoms with van der Waals surface area (Å²) in [6, 6.07) is 9.22. The molecule has 1 aromatic rings. The molecule has 0 heterocycles. The number of carbonyl (C=O) groups excluding carboxylic acids is 1. The predicted octanol–water partition coefficient (Wildman–Crippen LogP) is 0.830. The maximum Gasteiger partial charge on any atom is 0.405 e. The van der Waals surface area contributed by atoms with Crippen LogP contribution in [0.4, 0.5) is 4.79 Å². The number of hydrogen-bond acceptors (Lipinski definition) is 4. The third kappa shape index (κ3) is 3.37. The molecule has 0 aliphatic carbocycles. The number of primary amides is 1. The van der Waals surface area contributed by atoms with Crippen molar-refractivity contribution in [2.75, 3.05) is 0 Å². The Labute approximate surface area is 98.9 Å². The van der Waals surface area contributed by atoms with Gasteiger partial charge in [0.15, 0.2) is 11.4 Å². The summed E-state index contributed by atoms with van der Waals surface area (Å²) >= 11 is 0. The van der Waals surface area contributed by atoms with Gasteiger partial charge < -0.3 is 21.4 Å². The number of hydrogen-bond donors (Lipinski definition) is 3. The van der Waals surface area contributed by atoms with Gasteiger partial charge in [-0.3, -0.25) is 0 Å². The van der Waals surface area contributed by atoms with Crippen molar-refractivity contribution in [1.29, 1.82) is 0 Å². The maximum atomic E-state index is 10.8. The van der Waals surface area contributed by atoms with E-state index < -0.39 is 11.7 Å². The molecule has 1 rings (SSSR count).